The van der Waals surface area contributed by atoms with E-state index in [9.17, 15) is 0 Å². The Balaban J connectivity index is 2.10. The normalized spacial score (nSPS) is 12.7. The van der Waals surface area contributed by atoms with Crippen LogP contribution in [0.2, 0.25) is 5.02 Å². The molecule has 1 atom stereocenters. The lowest BCUT2D eigenvalue weighted by Crippen LogP contribution is -2.29. The van der Waals surface area contributed by atoms with Crippen molar-refractivity contribution in [2.45, 2.75) is 12.6 Å². The Morgan fingerprint density at radius 1 is 1.40 bits per heavy atom. The van der Waals surface area contributed by atoms with E-state index in [4.69, 9.17) is 22.1 Å². The van der Waals surface area contributed by atoms with E-state index in [2.05, 4.69) is 18.0 Å². The Kier molecular flexibility index (Phi) is 5.43. The van der Waals surface area contributed by atoms with Gasteiger partial charge in [0.1, 0.15) is 5.75 Å². The van der Waals surface area contributed by atoms with Crippen molar-refractivity contribution in [3.8, 4) is 5.75 Å². The molecule has 0 amide bonds. The van der Waals surface area contributed by atoms with E-state index in [0.717, 1.165) is 17.3 Å². The molecule has 0 spiro atoms. The quantitative estimate of drug-likeness (QED) is 0.887. The van der Waals surface area contributed by atoms with Crippen LogP contribution < -0.4 is 10.5 Å². The van der Waals surface area contributed by atoms with Gasteiger partial charge in [-0.3, -0.25) is 4.90 Å². The van der Waals surface area contributed by atoms with Crippen molar-refractivity contribution in [2.75, 3.05) is 20.7 Å². The Labute approximate surface area is 128 Å². The van der Waals surface area contributed by atoms with Crippen LogP contribution in [0.25, 0.3) is 0 Å². The zero-order valence-electron chi connectivity index (χ0n) is 11.7. The van der Waals surface area contributed by atoms with E-state index in [1.165, 1.54) is 10.4 Å². The summed E-state index contributed by atoms with van der Waals surface area (Å²) >= 11 is 7.65. The standard InChI is InChI=1S/C15H19ClN2OS/c1-18(9-11-4-3-5-13(6-11)19-2)14(8-17)15-7-12(16)10-20-15/h3-7,10,14H,8-9,17H2,1-2H3. The number of halogens is 1. The maximum Gasteiger partial charge on any atom is 0.119 e. The number of methoxy groups -OCH3 is 1. The molecule has 20 heavy (non-hydrogen) atoms. The molecule has 0 bridgehead atoms. The third kappa shape index (κ3) is 3.73. The number of likely N-dealkylation sites (N-methyl/N-ethyl adjacent to an activating group) is 1. The third-order valence-electron chi connectivity index (χ3n) is 3.24. The number of nitrogens with zero attached hydrogens (tertiary/aromatic N) is 1. The van der Waals surface area contributed by atoms with Crippen LogP contribution in [0.5, 0.6) is 5.75 Å². The molecule has 1 aromatic heterocycles. The van der Waals surface area contributed by atoms with Gasteiger partial charge in [0.05, 0.1) is 18.2 Å². The first-order valence-electron chi connectivity index (χ1n) is 6.41. The molecule has 0 radical (unpaired) electrons. The fourth-order valence-electron chi connectivity index (χ4n) is 2.19. The summed E-state index contributed by atoms with van der Waals surface area (Å²) in [5.74, 6) is 0.874. The van der Waals surface area contributed by atoms with Crippen LogP contribution in [0, 0.1) is 0 Å². The minimum Gasteiger partial charge on any atom is -0.497 e. The Morgan fingerprint density at radius 2 is 2.20 bits per heavy atom. The summed E-state index contributed by atoms with van der Waals surface area (Å²) in [7, 11) is 3.75. The van der Waals surface area contributed by atoms with Crippen molar-refractivity contribution in [1.29, 1.82) is 0 Å². The van der Waals surface area contributed by atoms with E-state index < -0.39 is 0 Å². The molecule has 0 saturated carbocycles. The number of hydrogen-bond donors (Lipinski definition) is 1. The minimum atomic E-state index is 0.179. The molecule has 1 heterocycles. The molecule has 5 heteroatoms. The van der Waals surface area contributed by atoms with Gasteiger partial charge in [-0.2, -0.15) is 0 Å². The predicted molar refractivity (Wildman–Crippen MR) is 85.6 cm³/mol. The third-order valence-corrected chi connectivity index (χ3v) is 4.62. The van der Waals surface area contributed by atoms with Crippen molar-refractivity contribution in [3.05, 3.63) is 51.2 Å². The van der Waals surface area contributed by atoms with Gasteiger partial charge in [-0.15, -0.1) is 11.3 Å². The molecule has 0 aliphatic heterocycles. The first-order valence-corrected chi connectivity index (χ1v) is 7.67. The summed E-state index contributed by atoms with van der Waals surface area (Å²) < 4.78 is 5.25. The van der Waals surface area contributed by atoms with Gasteiger partial charge >= 0.3 is 0 Å². The van der Waals surface area contributed by atoms with Crippen LogP contribution in [0.1, 0.15) is 16.5 Å². The molecule has 1 unspecified atom stereocenters. The predicted octanol–water partition coefficient (Wildman–Crippen LogP) is 3.54. The molecular formula is C15H19ClN2OS. The summed E-state index contributed by atoms with van der Waals surface area (Å²) in [6.07, 6.45) is 0. The number of benzene rings is 1. The molecule has 1 aromatic carbocycles. The highest BCUT2D eigenvalue weighted by Gasteiger charge is 2.17. The second kappa shape index (κ2) is 7.09. The molecule has 0 aliphatic rings. The van der Waals surface area contributed by atoms with Gasteiger partial charge in [-0.25, -0.2) is 0 Å². The van der Waals surface area contributed by atoms with Crippen molar-refractivity contribution in [2.24, 2.45) is 5.73 Å². The van der Waals surface area contributed by atoms with Crippen LogP contribution in [-0.4, -0.2) is 25.6 Å². The summed E-state index contributed by atoms with van der Waals surface area (Å²) in [6.45, 7) is 1.38. The first-order chi connectivity index (χ1) is 9.63. The Bertz CT molecular complexity index is 558. The van der Waals surface area contributed by atoms with Crippen molar-refractivity contribution in [3.63, 3.8) is 0 Å². The number of hydrogen-bond acceptors (Lipinski definition) is 4. The molecule has 3 nitrogen and oxygen atoms in total. The van der Waals surface area contributed by atoms with E-state index in [1.807, 2.05) is 29.6 Å². The van der Waals surface area contributed by atoms with E-state index >= 15 is 0 Å². The van der Waals surface area contributed by atoms with Crippen LogP contribution in [0.15, 0.2) is 35.7 Å². The summed E-state index contributed by atoms with van der Waals surface area (Å²) in [4.78, 5) is 3.43. The van der Waals surface area contributed by atoms with Crippen LogP contribution in [0.3, 0.4) is 0 Å². The highest BCUT2D eigenvalue weighted by Crippen LogP contribution is 2.29. The van der Waals surface area contributed by atoms with E-state index in [0.29, 0.717) is 6.54 Å². The SMILES string of the molecule is COc1cccc(CN(C)C(CN)c2cc(Cl)cs2)c1. The highest BCUT2D eigenvalue weighted by atomic mass is 35.5. The second-order valence-corrected chi connectivity index (χ2v) is 6.06. The maximum absolute atomic E-state index is 6.00. The summed E-state index contributed by atoms with van der Waals surface area (Å²) in [5, 5.41) is 2.72. The molecule has 108 valence electrons. The molecule has 0 aliphatic carbocycles. The average molecular weight is 311 g/mol. The lowest BCUT2D eigenvalue weighted by atomic mass is 10.1. The number of rotatable bonds is 6. The largest absolute Gasteiger partial charge is 0.497 e. The van der Waals surface area contributed by atoms with Gasteiger partial charge in [0.15, 0.2) is 0 Å². The van der Waals surface area contributed by atoms with Crippen LogP contribution in [-0.2, 0) is 6.54 Å². The molecular weight excluding hydrogens is 292 g/mol. The van der Waals surface area contributed by atoms with Crippen LogP contribution in [0.4, 0.5) is 0 Å². The first kappa shape index (κ1) is 15.3. The lowest BCUT2D eigenvalue weighted by Gasteiger charge is -2.26. The maximum atomic E-state index is 6.00. The Morgan fingerprint density at radius 3 is 2.80 bits per heavy atom. The van der Waals surface area contributed by atoms with Crippen molar-refractivity contribution in [1.82, 2.24) is 4.90 Å². The van der Waals surface area contributed by atoms with E-state index in [-0.39, 0.29) is 6.04 Å². The zero-order chi connectivity index (χ0) is 14.5. The van der Waals surface area contributed by atoms with Gasteiger partial charge in [0.25, 0.3) is 0 Å². The van der Waals surface area contributed by atoms with E-state index in [1.54, 1.807) is 18.4 Å². The van der Waals surface area contributed by atoms with Crippen LogP contribution >= 0.6 is 22.9 Å². The van der Waals surface area contributed by atoms with Gasteiger partial charge in [0.2, 0.25) is 0 Å². The van der Waals surface area contributed by atoms with Gasteiger partial charge in [-0.05, 0) is 30.8 Å². The van der Waals surface area contributed by atoms with Gasteiger partial charge in [-0.1, -0.05) is 23.7 Å². The molecule has 2 aromatic rings. The average Bonchev–Trinajstić information content (AvgIpc) is 2.86. The second-order valence-electron chi connectivity index (χ2n) is 4.69. The van der Waals surface area contributed by atoms with Gasteiger partial charge < -0.3 is 10.5 Å². The molecule has 2 rings (SSSR count). The highest BCUT2D eigenvalue weighted by molar-refractivity contribution is 7.10. The topological polar surface area (TPSA) is 38.5 Å². The number of ether oxygens (including phenoxy) is 1. The summed E-state index contributed by atoms with van der Waals surface area (Å²) in [5.41, 5.74) is 7.12. The Hall–Kier alpha value is -1.07. The zero-order valence-corrected chi connectivity index (χ0v) is 13.2. The number of thiophene rings is 1. The fourth-order valence-corrected chi connectivity index (χ4v) is 3.45. The fraction of sp³-hybridized carbons (Fsp3) is 0.333. The number of nitrogens with two attached hydrogens (primary N) is 1. The smallest absolute Gasteiger partial charge is 0.119 e. The van der Waals surface area contributed by atoms with Crippen molar-refractivity contribution >= 4 is 22.9 Å². The molecule has 2 N–H and O–H groups in total. The lowest BCUT2D eigenvalue weighted by molar-refractivity contribution is 0.245. The molecule has 0 saturated heterocycles. The van der Waals surface area contributed by atoms with Crippen molar-refractivity contribution < 1.29 is 4.74 Å². The van der Waals surface area contributed by atoms with Gasteiger partial charge in [0, 0.05) is 23.3 Å². The molecule has 0 fully saturated rings. The summed E-state index contributed by atoms with van der Waals surface area (Å²) in [6, 6.07) is 10.3. The minimum absolute atomic E-state index is 0.179. The monoisotopic (exact) mass is 310 g/mol.